The molecule has 134 valence electrons. The maximum absolute atomic E-state index is 12.2. The second-order valence-electron chi connectivity index (χ2n) is 6.18. The van der Waals surface area contributed by atoms with E-state index in [1.165, 1.54) is 17.0 Å². The highest BCUT2D eigenvalue weighted by molar-refractivity contribution is 7.09. The Labute approximate surface area is 152 Å². The van der Waals surface area contributed by atoms with Gasteiger partial charge in [-0.3, -0.25) is 4.79 Å². The Kier molecular flexibility index (Phi) is 5.88. The Morgan fingerprint density at radius 1 is 1.52 bits per heavy atom. The fourth-order valence-electron chi connectivity index (χ4n) is 3.02. The smallest absolute Gasteiger partial charge is 0.270 e. The van der Waals surface area contributed by atoms with Crippen LogP contribution in [0.3, 0.4) is 0 Å². The summed E-state index contributed by atoms with van der Waals surface area (Å²) in [7, 11) is 1.68. The number of amides is 1. The van der Waals surface area contributed by atoms with E-state index in [2.05, 4.69) is 27.3 Å². The van der Waals surface area contributed by atoms with Crippen LogP contribution in [0.5, 0.6) is 5.75 Å². The summed E-state index contributed by atoms with van der Waals surface area (Å²) in [5.41, 5.74) is 7.18. The lowest BCUT2D eigenvalue weighted by molar-refractivity contribution is 0.0944. The van der Waals surface area contributed by atoms with Gasteiger partial charge in [-0.2, -0.15) is 0 Å². The molecule has 2 heterocycles. The molecule has 1 aromatic heterocycles. The molecule has 7 heteroatoms. The van der Waals surface area contributed by atoms with Crippen molar-refractivity contribution in [2.45, 2.75) is 12.8 Å². The molecule has 1 unspecified atom stereocenters. The number of ether oxygens (including phenoxy) is 1. The van der Waals surface area contributed by atoms with Crippen molar-refractivity contribution < 1.29 is 9.53 Å². The van der Waals surface area contributed by atoms with Crippen LogP contribution in [0, 0.1) is 5.92 Å². The molecule has 0 radical (unpaired) electrons. The van der Waals surface area contributed by atoms with Gasteiger partial charge in [0.2, 0.25) is 0 Å². The molecule has 3 rings (SSSR count). The van der Waals surface area contributed by atoms with Gasteiger partial charge in [0.15, 0.2) is 0 Å². The molecule has 1 aliphatic rings. The summed E-state index contributed by atoms with van der Waals surface area (Å²) < 4.78 is 5.29. The van der Waals surface area contributed by atoms with Gasteiger partial charge in [-0.05, 0) is 31.0 Å². The normalized spacial score (nSPS) is 16.9. The van der Waals surface area contributed by atoms with Gasteiger partial charge in [0.05, 0.1) is 12.1 Å². The average Bonchev–Trinajstić information content (AvgIpc) is 3.30. The van der Waals surface area contributed by atoms with E-state index in [1.807, 2.05) is 12.1 Å². The third-order valence-electron chi connectivity index (χ3n) is 4.40. The Bertz CT molecular complexity index is 719. The van der Waals surface area contributed by atoms with Crippen LogP contribution >= 0.6 is 11.3 Å². The summed E-state index contributed by atoms with van der Waals surface area (Å²) >= 11 is 1.49. The molecule has 0 saturated carbocycles. The Balaban J connectivity index is 1.50. The number of nitrogens with zero attached hydrogens (tertiary/aromatic N) is 2. The number of anilines is 1. The lowest BCUT2D eigenvalue weighted by Gasteiger charge is -2.19. The van der Waals surface area contributed by atoms with Crippen LogP contribution in [0.25, 0.3) is 0 Å². The van der Waals surface area contributed by atoms with Crippen LogP contribution < -0.4 is 20.7 Å². The second-order valence-corrected chi connectivity index (χ2v) is 7.12. The second kappa shape index (κ2) is 8.31. The molecular weight excluding hydrogens is 336 g/mol. The monoisotopic (exact) mass is 360 g/mol. The van der Waals surface area contributed by atoms with Crippen molar-refractivity contribution in [1.29, 1.82) is 0 Å². The maximum atomic E-state index is 12.2. The Morgan fingerprint density at radius 3 is 3.20 bits per heavy atom. The van der Waals surface area contributed by atoms with Gasteiger partial charge in [0.25, 0.3) is 5.91 Å². The van der Waals surface area contributed by atoms with Crippen molar-refractivity contribution in [2.75, 3.05) is 38.2 Å². The molecule has 6 nitrogen and oxygen atoms in total. The topological polar surface area (TPSA) is 80.5 Å². The van der Waals surface area contributed by atoms with E-state index >= 15 is 0 Å². The van der Waals surface area contributed by atoms with Crippen LogP contribution in [0.2, 0.25) is 0 Å². The zero-order valence-electron chi connectivity index (χ0n) is 14.4. The number of hydrogen-bond donors (Lipinski definition) is 2. The van der Waals surface area contributed by atoms with Gasteiger partial charge in [-0.25, -0.2) is 4.98 Å². The molecule has 1 atom stereocenters. The third kappa shape index (κ3) is 4.49. The van der Waals surface area contributed by atoms with E-state index in [0.717, 1.165) is 36.7 Å². The first-order chi connectivity index (χ1) is 12.2. The van der Waals surface area contributed by atoms with Crippen molar-refractivity contribution in [1.82, 2.24) is 10.3 Å². The van der Waals surface area contributed by atoms with E-state index in [-0.39, 0.29) is 5.91 Å². The zero-order chi connectivity index (χ0) is 17.6. The summed E-state index contributed by atoms with van der Waals surface area (Å²) in [5.74, 6) is 1.21. The highest BCUT2D eigenvalue weighted by Gasteiger charge is 2.23. The van der Waals surface area contributed by atoms with E-state index < -0.39 is 0 Å². The largest absolute Gasteiger partial charge is 0.497 e. The van der Waals surface area contributed by atoms with Gasteiger partial charge in [0.1, 0.15) is 11.4 Å². The van der Waals surface area contributed by atoms with Gasteiger partial charge in [0, 0.05) is 43.2 Å². The highest BCUT2D eigenvalue weighted by Crippen LogP contribution is 2.26. The standard InChI is InChI=1S/C18H24N4O2S/c1-24-15-4-2-3-14(9-15)22-8-6-13(11-22)10-20-18(23)16-12-25-17(21-16)5-7-19/h2-4,9,12-13H,5-8,10-11,19H2,1H3,(H,20,23). The van der Waals surface area contributed by atoms with Crippen LogP contribution in [0.1, 0.15) is 21.9 Å². The Morgan fingerprint density at radius 2 is 2.40 bits per heavy atom. The van der Waals surface area contributed by atoms with E-state index in [9.17, 15) is 4.79 Å². The van der Waals surface area contributed by atoms with Gasteiger partial charge in [-0.15, -0.1) is 11.3 Å². The molecule has 2 aromatic rings. The molecule has 0 aliphatic carbocycles. The summed E-state index contributed by atoms with van der Waals surface area (Å²) in [6, 6.07) is 8.10. The van der Waals surface area contributed by atoms with E-state index in [4.69, 9.17) is 10.5 Å². The summed E-state index contributed by atoms with van der Waals surface area (Å²) in [4.78, 5) is 18.9. The average molecular weight is 360 g/mol. The predicted octanol–water partition coefficient (Wildman–Crippen LogP) is 1.91. The van der Waals surface area contributed by atoms with Crippen LogP contribution in [0.4, 0.5) is 5.69 Å². The number of nitrogens with one attached hydrogen (secondary N) is 1. The minimum Gasteiger partial charge on any atom is -0.497 e. The van der Waals surface area contributed by atoms with E-state index in [0.29, 0.717) is 24.7 Å². The number of nitrogens with two attached hydrogens (primary N) is 1. The number of rotatable bonds is 7. The first-order valence-corrected chi connectivity index (χ1v) is 9.39. The van der Waals surface area contributed by atoms with Crippen molar-refractivity contribution >= 4 is 22.9 Å². The van der Waals surface area contributed by atoms with Crippen LogP contribution in [0.15, 0.2) is 29.6 Å². The first kappa shape index (κ1) is 17.7. The molecule has 1 fully saturated rings. The molecule has 1 aromatic carbocycles. The van der Waals surface area contributed by atoms with E-state index in [1.54, 1.807) is 12.5 Å². The number of benzene rings is 1. The minimum atomic E-state index is -0.0978. The van der Waals surface area contributed by atoms with Gasteiger partial charge in [-0.1, -0.05) is 6.07 Å². The van der Waals surface area contributed by atoms with Crippen LogP contribution in [-0.2, 0) is 6.42 Å². The lowest BCUT2D eigenvalue weighted by Crippen LogP contribution is -2.31. The molecule has 0 bridgehead atoms. The zero-order valence-corrected chi connectivity index (χ0v) is 15.2. The molecule has 0 spiro atoms. The quantitative estimate of drug-likeness (QED) is 0.788. The molecule has 1 amide bonds. The fraction of sp³-hybridized carbons (Fsp3) is 0.444. The predicted molar refractivity (Wildman–Crippen MR) is 101 cm³/mol. The summed E-state index contributed by atoms with van der Waals surface area (Å²) in [5, 5.41) is 5.73. The third-order valence-corrected chi connectivity index (χ3v) is 5.31. The number of carbonyl (C=O) groups excluding carboxylic acids is 1. The Hall–Kier alpha value is -2.12. The number of aromatic nitrogens is 1. The first-order valence-electron chi connectivity index (χ1n) is 8.51. The maximum Gasteiger partial charge on any atom is 0.270 e. The van der Waals surface area contributed by atoms with Gasteiger partial charge >= 0.3 is 0 Å². The highest BCUT2D eigenvalue weighted by atomic mass is 32.1. The van der Waals surface area contributed by atoms with Gasteiger partial charge < -0.3 is 20.7 Å². The molecule has 1 aliphatic heterocycles. The number of hydrogen-bond acceptors (Lipinski definition) is 6. The van der Waals surface area contributed by atoms with Crippen molar-refractivity contribution in [3.63, 3.8) is 0 Å². The minimum absolute atomic E-state index is 0.0978. The number of methoxy groups -OCH3 is 1. The lowest BCUT2D eigenvalue weighted by atomic mass is 10.1. The SMILES string of the molecule is COc1cccc(N2CCC(CNC(=O)c3csc(CCN)n3)C2)c1. The molecular formula is C18H24N4O2S. The fourth-order valence-corrected chi connectivity index (χ4v) is 3.82. The van der Waals surface area contributed by atoms with Crippen molar-refractivity contribution in [3.05, 3.63) is 40.3 Å². The molecule has 1 saturated heterocycles. The van der Waals surface area contributed by atoms with Crippen molar-refractivity contribution in [3.8, 4) is 5.75 Å². The summed E-state index contributed by atoms with van der Waals surface area (Å²) in [6.45, 7) is 3.15. The number of carbonyl (C=O) groups is 1. The van der Waals surface area contributed by atoms with Crippen molar-refractivity contribution in [2.24, 2.45) is 11.7 Å². The summed E-state index contributed by atoms with van der Waals surface area (Å²) in [6.07, 6.45) is 1.78. The number of thiazole rings is 1. The van der Waals surface area contributed by atoms with Crippen LogP contribution in [-0.4, -0.2) is 44.2 Å². The molecule has 3 N–H and O–H groups in total. The molecule has 25 heavy (non-hydrogen) atoms.